The minimum absolute atomic E-state index is 0.197. The van der Waals surface area contributed by atoms with Crippen molar-refractivity contribution in [2.24, 2.45) is 5.73 Å². The van der Waals surface area contributed by atoms with Crippen LogP contribution in [0.5, 0.6) is 0 Å². The van der Waals surface area contributed by atoms with Gasteiger partial charge in [-0.1, -0.05) is 12.1 Å². The van der Waals surface area contributed by atoms with E-state index < -0.39 is 0 Å². The smallest absolute Gasteiger partial charge is 0.146 e. The van der Waals surface area contributed by atoms with Crippen LogP contribution >= 0.6 is 0 Å². The SMILES string of the molecule is CCN(Cc1ccnc(CN)c1)c1ccccc1F. The Morgan fingerprint density at radius 2 is 2.05 bits per heavy atom. The molecule has 0 bridgehead atoms. The number of nitrogens with two attached hydrogens (primary N) is 1. The van der Waals surface area contributed by atoms with Crippen molar-refractivity contribution < 1.29 is 4.39 Å². The molecule has 3 nitrogen and oxygen atoms in total. The van der Waals surface area contributed by atoms with E-state index in [9.17, 15) is 4.39 Å². The Morgan fingerprint density at radius 1 is 1.26 bits per heavy atom. The summed E-state index contributed by atoms with van der Waals surface area (Å²) in [6.45, 7) is 3.81. The van der Waals surface area contributed by atoms with E-state index >= 15 is 0 Å². The van der Waals surface area contributed by atoms with Crippen LogP contribution in [0.25, 0.3) is 0 Å². The monoisotopic (exact) mass is 259 g/mol. The number of nitrogens with zero attached hydrogens (tertiary/aromatic N) is 2. The third-order valence-electron chi connectivity index (χ3n) is 3.04. The second-order valence-corrected chi connectivity index (χ2v) is 4.33. The minimum Gasteiger partial charge on any atom is -0.365 e. The molecule has 1 aromatic heterocycles. The van der Waals surface area contributed by atoms with E-state index in [-0.39, 0.29) is 5.82 Å². The number of aromatic nitrogens is 1. The van der Waals surface area contributed by atoms with Crippen LogP contribution < -0.4 is 10.6 Å². The first kappa shape index (κ1) is 13.5. The van der Waals surface area contributed by atoms with E-state index in [0.717, 1.165) is 17.8 Å². The second kappa shape index (κ2) is 6.29. The van der Waals surface area contributed by atoms with Gasteiger partial charge in [-0.15, -0.1) is 0 Å². The van der Waals surface area contributed by atoms with Crippen LogP contribution in [0.4, 0.5) is 10.1 Å². The minimum atomic E-state index is -0.197. The third kappa shape index (κ3) is 3.29. The third-order valence-corrected chi connectivity index (χ3v) is 3.04. The Morgan fingerprint density at radius 3 is 2.74 bits per heavy atom. The van der Waals surface area contributed by atoms with Gasteiger partial charge in [0.15, 0.2) is 0 Å². The maximum absolute atomic E-state index is 13.8. The summed E-state index contributed by atoms with van der Waals surface area (Å²) in [6, 6.07) is 10.7. The fourth-order valence-electron chi connectivity index (χ4n) is 2.03. The molecule has 0 saturated heterocycles. The number of anilines is 1. The largest absolute Gasteiger partial charge is 0.365 e. The van der Waals surface area contributed by atoms with Crippen LogP contribution in [0.2, 0.25) is 0 Å². The van der Waals surface area contributed by atoms with Crippen molar-refractivity contribution in [2.75, 3.05) is 11.4 Å². The van der Waals surface area contributed by atoms with Crippen LogP contribution in [-0.4, -0.2) is 11.5 Å². The van der Waals surface area contributed by atoms with Gasteiger partial charge in [-0.2, -0.15) is 0 Å². The molecule has 0 saturated carbocycles. The van der Waals surface area contributed by atoms with Crippen molar-refractivity contribution >= 4 is 5.69 Å². The number of para-hydroxylation sites is 1. The summed E-state index contributed by atoms with van der Waals surface area (Å²) < 4.78 is 13.8. The molecule has 2 aromatic rings. The summed E-state index contributed by atoms with van der Waals surface area (Å²) in [4.78, 5) is 6.15. The average molecular weight is 259 g/mol. The molecular weight excluding hydrogens is 241 g/mol. The van der Waals surface area contributed by atoms with Gasteiger partial charge in [0.2, 0.25) is 0 Å². The summed E-state index contributed by atoms with van der Waals surface area (Å²) in [5.41, 5.74) is 8.14. The Kier molecular flexibility index (Phi) is 4.47. The number of hydrogen-bond donors (Lipinski definition) is 1. The average Bonchev–Trinajstić information content (AvgIpc) is 2.46. The van der Waals surface area contributed by atoms with E-state index in [0.29, 0.717) is 18.8 Å². The van der Waals surface area contributed by atoms with Crippen molar-refractivity contribution in [3.8, 4) is 0 Å². The molecule has 4 heteroatoms. The lowest BCUT2D eigenvalue weighted by atomic mass is 10.2. The summed E-state index contributed by atoms with van der Waals surface area (Å²) in [7, 11) is 0. The van der Waals surface area contributed by atoms with Gasteiger partial charge in [-0.3, -0.25) is 4.98 Å². The quantitative estimate of drug-likeness (QED) is 0.897. The number of pyridine rings is 1. The number of rotatable bonds is 5. The van der Waals surface area contributed by atoms with Gasteiger partial charge in [0.05, 0.1) is 11.4 Å². The predicted molar refractivity (Wildman–Crippen MR) is 75.3 cm³/mol. The number of halogens is 1. The predicted octanol–water partition coefficient (Wildman–Crippen LogP) is 2.71. The van der Waals surface area contributed by atoms with Crippen LogP contribution in [0.1, 0.15) is 18.2 Å². The van der Waals surface area contributed by atoms with Crippen LogP contribution in [0, 0.1) is 5.82 Å². The molecule has 0 spiro atoms. The van der Waals surface area contributed by atoms with E-state index in [2.05, 4.69) is 4.98 Å². The van der Waals surface area contributed by atoms with E-state index in [4.69, 9.17) is 5.73 Å². The molecule has 0 unspecified atom stereocenters. The summed E-state index contributed by atoms with van der Waals surface area (Å²) in [5, 5.41) is 0. The number of hydrogen-bond acceptors (Lipinski definition) is 3. The molecule has 0 atom stereocenters. The van der Waals surface area contributed by atoms with Crippen LogP contribution in [-0.2, 0) is 13.1 Å². The molecule has 0 radical (unpaired) electrons. The first-order valence-corrected chi connectivity index (χ1v) is 6.38. The normalized spacial score (nSPS) is 10.5. The number of benzene rings is 1. The molecule has 0 amide bonds. The molecule has 19 heavy (non-hydrogen) atoms. The Hall–Kier alpha value is -1.94. The highest BCUT2D eigenvalue weighted by Crippen LogP contribution is 2.20. The Bertz CT molecular complexity index is 542. The first-order valence-electron chi connectivity index (χ1n) is 6.38. The summed E-state index contributed by atoms with van der Waals surface area (Å²) in [5.74, 6) is -0.197. The van der Waals surface area contributed by atoms with Gasteiger partial charge >= 0.3 is 0 Å². The van der Waals surface area contributed by atoms with Gasteiger partial charge in [-0.05, 0) is 36.8 Å². The van der Waals surface area contributed by atoms with E-state index in [1.807, 2.05) is 30.0 Å². The molecule has 2 N–H and O–H groups in total. The van der Waals surface area contributed by atoms with Gasteiger partial charge < -0.3 is 10.6 Å². The van der Waals surface area contributed by atoms with E-state index in [1.54, 1.807) is 18.3 Å². The molecule has 1 aromatic carbocycles. The molecular formula is C15H18FN3. The standard InChI is InChI=1S/C15H18FN3/c1-2-19(15-6-4-3-5-14(15)16)11-12-7-8-18-13(9-12)10-17/h3-9H,2,10-11,17H2,1H3. The highest BCUT2D eigenvalue weighted by atomic mass is 19.1. The van der Waals surface area contributed by atoms with Crippen LogP contribution in [0.15, 0.2) is 42.6 Å². The zero-order chi connectivity index (χ0) is 13.7. The van der Waals surface area contributed by atoms with Crippen molar-refractivity contribution in [1.82, 2.24) is 4.98 Å². The molecule has 0 aliphatic rings. The highest BCUT2D eigenvalue weighted by Gasteiger charge is 2.10. The van der Waals surface area contributed by atoms with Gasteiger partial charge in [-0.25, -0.2) is 4.39 Å². The maximum atomic E-state index is 13.8. The topological polar surface area (TPSA) is 42.2 Å². The molecule has 1 heterocycles. The second-order valence-electron chi connectivity index (χ2n) is 4.33. The van der Waals surface area contributed by atoms with Crippen LogP contribution in [0.3, 0.4) is 0 Å². The zero-order valence-electron chi connectivity index (χ0n) is 11.0. The van der Waals surface area contributed by atoms with Crippen molar-refractivity contribution in [3.05, 3.63) is 59.7 Å². The van der Waals surface area contributed by atoms with Gasteiger partial charge in [0, 0.05) is 25.8 Å². The Labute approximate surface area is 112 Å². The molecule has 100 valence electrons. The summed E-state index contributed by atoms with van der Waals surface area (Å²) in [6.07, 6.45) is 1.74. The lowest BCUT2D eigenvalue weighted by Gasteiger charge is -2.23. The lowest BCUT2D eigenvalue weighted by Crippen LogP contribution is -2.23. The van der Waals surface area contributed by atoms with Crippen molar-refractivity contribution in [2.45, 2.75) is 20.0 Å². The lowest BCUT2D eigenvalue weighted by molar-refractivity contribution is 0.618. The maximum Gasteiger partial charge on any atom is 0.146 e. The first-order chi connectivity index (χ1) is 9.24. The fourth-order valence-corrected chi connectivity index (χ4v) is 2.03. The zero-order valence-corrected chi connectivity index (χ0v) is 11.0. The molecule has 2 rings (SSSR count). The van der Waals surface area contributed by atoms with Gasteiger partial charge in [0.25, 0.3) is 0 Å². The van der Waals surface area contributed by atoms with Gasteiger partial charge in [0.1, 0.15) is 5.82 Å². The summed E-state index contributed by atoms with van der Waals surface area (Å²) >= 11 is 0. The fraction of sp³-hybridized carbons (Fsp3) is 0.267. The highest BCUT2D eigenvalue weighted by molar-refractivity contribution is 5.48. The van der Waals surface area contributed by atoms with Crippen molar-refractivity contribution in [3.63, 3.8) is 0 Å². The Balaban J connectivity index is 2.21. The molecule has 0 fully saturated rings. The molecule has 0 aliphatic heterocycles. The van der Waals surface area contributed by atoms with E-state index in [1.165, 1.54) is 6.07 Å². The van der Waals surface area contributed by atoms with Crippen molar-refractivity contribution in [1.29, 1.82) is 0 Å². The molecule has 0 aliphatic carbocycles.